The summed E-state index contributed by atoms with van der Waals surface area (Å²) >= 11 is 3.80. The largest absolute Gasteiger partial charge is 0.456 e. The fourth-order valence-electron chi connectivity index (χ4n) is 5.58. The van der Waals surface area contributed by atoms with Gasteiger partial charge in [-0.05, 0) is 60.0 Å². The van der Waals surface area contributed by atoms with E-state index in [1.54, 1.807) is 0 Å². The second-order valence-electron chi connectivity index (χ2n) is 9.52. The topological polar surface area (TPSA) is 29.5 Å². The molecule has 0 radical (unpaired) electrons. The number of benzene rings is 6. The molecule has 3 nitrogen and oxygen atoms in total. The molecule has 0 N–H and O–H groups in total. The van der Waals surface area contributed by atoms with Crippen molar-refractivity contribution in [3.63, 3.8) is 0 Å². The minimum atomic E-state index is 0.848. The van der Waals surface area contributed by atoms with Crippen LogP contribution in [0.25, 0.3) is 54.6 Å². The average Bonchev–Trinajstić information content (AvgIpc) is 3.52. The number of furan rings is 2. The summed E-state index contributed by atoms with van der Waals surface area (Å²) in [6.45, 7) is 0. The summed E-state index contributed by atoms with van der Waals surface area (Å²) in [5.74, 6) is 0. The van der Waals surface area contributed by atoms with Crippen LogP contribution >= 0.6 is 15.9 Å². The molecule has 180 valence electrons. The second-order valence-corrected chi connectivity index (χ2v) is 10.4. The lowest BCUT2D eigenvalue weighted by Gasteiger charge is -2.25. The van der Waals surface area contributed by atoms with E-state index in [1.807, 2.05) is 18.2 Å². The molecule has 6 aromatic carbocycles. The third-order valence-corrected chi connectivity index (χ3v) is 7.74. The van der Waals surface area contributed by atoms with Gasteiger partial charge in [0.15, 0.2) is 5.58 Å². The molecular formula is C34H20BrNO2. The number of para-hydroxylation sites is 2. The van der Waals surface area contributed by atoms with E-state index in [0.29, 0.717) is 0 Å². The molecule has 8 rings (SSSR count). The molecule has 0 aliphatic heterocycles. The van der Waals surface area contributed by atoms with Crippen molar-refractivity contribution in [2.24, 2.45) is 0 Å². The third kappa shape index (κ3) is 3.20. The van der Waals surface area contributed by atoms with Crippen LogP contribution in [-0.4, -0.2) is 0 Å². The Kier molecular flexibility index (Phi) is 4.67. The van der Waals surface area contributed by atoms with Crippen LogP contribution < -0.4 is 4.90 Å². The summed E-state index contributed by atoms with van der Waals surface area (Å²) in [6.07, 6.45) is 0. The van der Waals surface area contributed by atoms with E-state index in [9.17, 15) is 0 Å². The van der Waals surface area contributed by atoms with Gasteiger partial charge < -0.3 is 13.7 Å². The van der Waals surface area contributed by atoms with E-state index >= 15 is 0 Å². The maximum Gasteiger partial charge on any atom is 0.159 e. The molecule has 0 fully saturated rings. The van der Waals surface area contributed by atoms with Crippen molar-refractivity contribution < 1.29 is 8.83 Å². The number of nitrogens with zero attached hydrogens (tertiary/aromatic N) is 1. The van der Waals surface area contributed by atoms with Gasteiger partial charge in [-0.25, -0.2) is 0 Å². The third-order valence-electron chi connectivity index (χ3n) is 7.28. The van der Waals surface area contributed by atoms with Crippen LogP contribution in [0.1, 0.15) is 0 Å². The van der Waals surface area contributed by atoms with Gasteiger partial charge >= 0.3 is 0 Å². The van der Waals surface area contributed by atoms with Crippen LogP contribution in [0.15, 0.2) is 135 Å². The Morgan fingerprint density at radius 1 is 0.474 bits per heavy atom. The molecule has 38 heavy (non-hydrogen) atoms. The first-order valence-corrected chi connectivity index (χ1v) is 13.3. The van der Waals surface area contributed by atoms with Gasteiger partial charge in [0.05, 0.1) is 5.69 Å². The van der Waals surface area contributed by atoms with Crippen molar-refractivity contribution in [3.8, 4) is 0 Å². The predicted molar refractivity (Wildman–Crippen MR) is 161 cm³/mol. The quantitative estimate of drug-likeness (QED) is 0.218. The van der Waals surface area contributed by atoms with E-state index in [1.165, 1.54) is 0 Å². The van der Waals surface area contributed by atoms with Gasteiger partial charge in [-0.15, -0.1) is 0 Å². The SMILES string of the molecule is Brc1cc(N(c2ccccc2)c2ccc3oc4ccccc4c3c2)c2oc3c4ccccc4ccc3c2c1. The van der Waals surface area contributed by atoms with Crippen molar-refractivity contribution in [2.45, 2.75) is 0 Å². The van der Waals surface area contributed by atoms with E-state index in [2.05, 4.69) is 124 Å². The van der Waals surface area contributed by atoms with Crippen LogP contribution in [0.4, 0.5) is 17.1 Å². The Morgan fingerprint density at radius 2 is 1.24 bits per heavy atom. The fourth-order valence-corrected chi connectivity index (χ4v) is 6.02. The van der Waals surface area contributed by atoms with Crippen molar-refractivity contribution >= 4 is 87.6 Å². The number of hydrogen-bond donors (Lipinski definition) is 0. The van der Waals surface area contributed by atoms with Crippen molar-refractivity contribution in [1.82, 2.24) is 0 Å². The highest BCUT2D eigenvalue weighted by molar-refractivity contribution is 9.10. The lowest BCUT2D eigenvalue weighted by atomic mass is 10.1. The molecule has 0 aliphatic carbocycles. The molecule has 0 aliphatic rings. The average molecular weight is 554 g/mol. The van der Waals surface area contributed by atoms with Crippen molar-refractivity contribution in [3.05, 3.63) is 126 Å². The minimum Gasteiger partial charge on any atom is -0.456 e. The van der Waals surface area contributed by atoms with Gasteiger partial charge in [0.25, 0.3) is 0 Å². The molecule has 0 bridgehead atoms. The lowest BCUT2D eigenvalue weighted by Crippen LogP contribution is -2.10. The zero-order chi connectivity index (χ0) is 25.2. The van der Waals surface area contributed by atoms with Gasteiger partial charge in [0.2, 0.25) is 0 Å². The Hall–Kier alpha value is -4.54. The van der Waals surface area contributed by atoms with Gasteiger partial charge in [-0.2, -0.15) is 0 Å². The van der Waals surface area contributed by atoms with Crippen LogP contribution in [0.5, 0.6) is 0 Å². The molecule has 0 saturated carbocycles. The van der Waals surface area contributed by atoms with E-state index in [0.717, 1.165) is 76.2 Å². The summed E-state index contributed by atoms with van der Waals surface area (Å²) in [7, 11) is 0. The predicted octanol–water partition coefficient (Wildman–Crippen LogP) is 10.9. The monoisotopic (exact) mass is 553 g/mol. The zero-order valence-electron chi connectivity index (χ0n) is 20.2. The maximum atomic E-state index is 6.74. The number of halogens is 1. The molecular weight excluding hydrogens is 534 g/mol. The lowest BCUT2D eigenvalue weighted by molar-refractivity contribution is 0.669. The van der Waals surface area contributed by atoms with Crippen LogP contribution in [0.2, 0.25) is 0 Å². The summed E-state index contributed by atoms with van der Waals surface area (Å²) in [6, 6.07) is 42.0. The summed E-state index contributed by atoms with van der Waals surface area (Å²) in [4.78, 5) is 2.26. The van der Waals surface area contributed by atoms with Crippen LogP contribution in [-0.2, 0) is 0 Å². The Labute approximate surface area is 226 Å². The van der Waals surface area contributed by atoms with E-state index in [4.69, 9.17) is 8.83 Å². The number of anilines is 3. The van der Waals surface area contributed by atoms with Gasteiger partial charge in [0, 0.05) is 42.8 Å². The summed E-state index contributed by atoms with van der Waals surface area (Å²) in [5.41, 5.74) is 6.55. The number of fused-ring (bicyclic) bond motifs is 8. The first-order valence-electron chi connectivity index (χ1n) is 12.5. The molecule has 0 unspecified atom stereocenters. The van der Waals surface area contributed by atoms with Gasteiger partial charge in [-0.1, -0.05) is 82.7 Å². The Bertz CT molecular complexity index is 2160. The normalized spacial score (nSPS) is 11.8. The highest BCUT2D eigenvalue weighted by Crippen LogP contribution is 2.45. The standard InChI is InChI=1S/C34H20BrNO2/c35-22-18-29-27-16-14-21-8-4-5-11-25(21)33(27)38-34(29)30(19-22)36(23-9-2-1-3-10-23)24-15-17-32-28(20-24)26-12-6-7-13-31(26)37-32/h1-20H. The molecule has 2 aromatic heterocycles. The summed E-state index contributed by atoms with van der Waals surface area (Å²) in [5, 5.41) is 6.64. The number of hydrogen-bond acceptors (Lipinski definition) is 3. The summed E-state index contributed by atoms with van der Waals surface area (Å²) < 4.78 is 13.9. The maximum absolute atomic E-state index is 6.74. The Morgan fingerprint density at radius 3 is 2.13 bits per heavy atom. The molecule has 0 spiro atoms. The van der Waals surface area contributed by atoms with Gasteiger partial charge in [-0.3, -0.25) is 0 Å². The first-order chi connectivity index (χ1) is 18.7. The van der Waals surface area contributed by atoms with E-state index in [-0.39, 0.29) is 0 Å². The fraction of sp³-hybridized carbons (Fsp3) is 0. The van der Waals surface area contributed by atoms with Crippen LogP contribution in [0.3, 0.4) is 0 Å². The molecule has 0 atom stereocenters. The first kappa shape index (κ1) is 21.5. The molecule has 2 heterocycles. The minimum absolute atomic E-state index is 0.848. The second kappa shape index (κ2) is 8.23. The zero-order valence-corrected chi connectivity index (χ0v) is 21.8. The van der Waals surface area contributed by atoms with Crippen molar-refractivity contribution in [2.75, 3.05) is 4.90 Å². The molecule has 8 aromatic rings. The highest BCUT2D eigenvalue weighted by atomic mass is 79.9. The molecule has 4 heteroatoms. The number of rotatable bonds is 3. The van der Waals surface area contributed by atoms with E-state index < -0.39 is 0 Å². The highest BCUT2D eigenvalue weighted by Gasteiger charge is 2.22. The molecule has 0 amide bonds. The van der Waals surface area contributed by atoms with Crippen LogP contribution in [0, 0.1) is 0 Å². The smallest absolute Gasteiger partial charge is 0.159 e. The molecule has 0 saturated heterocycles. The Balaban J connectivity index is 1.45. The van der Waals surface area contributed by atoms with Gasteiger partial charge in [0.1, 0.15) is 16.7 Å². The van der Waals surface area contributed by atoms with Crippen molar-refractivity contribution in [1.29, 1.82) is 0 Å².